The molecular formula is C21H15BrN2O2. The fourth-order valence-corrected chi connectivity index (χ4v) is 3.20. The number of hydrogen-bond donors (Lipinski definition) is 1. The maximum absolute atomic E-state index is 12.5. The van der Waals surface area contributed by atoms with Crippen LogP contribution in [0.1, 0.15) is 15.9 Å². The number of hydrogen-bond acceptors (Lipinski definition) is 3. The number of carbonyl (C=O) groups is 1. The summed E-state index contributed by atoms with van der Waals surface area (Å²) in [6.45, 7) is 2.02. The van der Waals surface area contributed by atoms with Crippen LogP contribution in [0.3, 0.4) is 0 Å². The topological polar surface area (TPSA) is 55.1 Å². The van der Waals surface area contributed by atoms with Gasteiger partial charge in [0.1, 0.15) is 5.52 Å². The minimum Gasteiger partial charge on any atom is -0.436 e. The molecule has 1 heterocycles. The third-order valence-corrected chi connectivity index (χ3v) is 4.72. The maximum atomic E-state index is 12.5. The average Bonchev–Trinajstić information content (AvgIpc) is 3.05. The van der Waals surface area contributed by atoms with Gasteiger partial charge in [0.2, 0.25) is 5.89 Å². The summed E-state index contributed by atoms with van der Waals surface area (Å²) in [6.07, 6.45) is 0. The molecule has 0 aliphatic carbocycles. The number of nitrogens with zero attached hydrogens (tertiary/aromatic N) is 1. The van der Waals surface area contributed by atoms with Crippen LogP contribution in [0.25, 0.3) is 22.6 Å². The number of fused-ring (bicyclic) bond motifs is 1. The van der Waals surface area contributed by atoms with E-state index in [1.165, 1.54) is 0 Å². The van der Waals surface area contributed by atoms with Crippen LogP contribution in [0.5, 0.6) is 0 Å². The van der Waals surface area contributed by atoms with Gasteiger partial charge in [-0.3, -0.25) is 4.79 Å². The third kappa shape index (κ3) is 3.26. The van der Waals surface area contributed by atoms with Gasteiger partial charge in [0.05, 0.1) is 5.56 Å². The molecule has 1 N–H and O–H groups in total. The average molecular weight is 407 g/mol. The van der Waals surface area contributed by atoms with E-state index in [0.717, 1.165) is 26.7 Å². The van der Waals surface area contributed by atoms with Gasteiger partial charge < -0.3 is 9.73 Å². The van der Waals surface area contributed by atoms with E-state index in [9.17, 15) is 4.79 Å². The lowest BCUT2D eigenvalue weighted by Crippen LogP contribution is -2.12. The highest BCUT2D eigenvalue weighted by molar-refractivity contribution is 9.10. The maximum Gasteiger partial charge on any atom is 0.256 e. The summed E-state index contributed by atoms with van der Waals surface area (Å²) in [5, 5.41) is 2.91. The van der Waals surface area contributed by atoms with Crippen molar-refractivity contribution in [2.24, 2.45) is 0 Å². The van der Waals surface area contributed by atoms with Crippen molar-refractivity contribution >= 4 is 38.6 Å². The van der Waals surface area contributed by atoms with E-state index in [1.807, 2.05) is 67.6 Å². The molecule has 4 rings (SSSR count). The number of nitrogens with one attached hydrogen (secondary N) is 1. The minimum atomic E-state index is -0.178. The van der Waals surface area contributed by atoms with Crippen molar-refractivity contribution in [2.75, 3.05) is 5.32 Å². The van der Waals surface area contributed by atoms with Gasteiger partial charge in [0.15, 0.2) is 5.58 Å². The molecule has 1 amide bonds. The van der Waals surface area contributed by atoms with E-state index >= 15 is 0 Å². The lowest BCUT2D eigenvalue weighted by Gasteiger charge is -2.07. The fourth-order valence-electron chi connectivity index (χ4n) is 2.73. The van der Waals surface area contributed by atoms with Gasteiger partial charge in [-0.25, -0.2) is 4.98 Å². The van der Waals surface area contributed by atoms with Crippen LogP contribution in [-0.4, -0.2) is 10.9 Å². The van der Waals surface area contributed by atoms with Gasteiger partial charge in [-0.15, -0.1) is 0 Å². The summed E-state index contributed by atoms with van der Waals surface area (Å²) in [4.78, 5) is 17.0. The van der Waals surface area contributed by atoms with Crippen LogP contribution in [0.2, 0.25) is 0 Å². The van der Waals surface area contributed by atoms with Gasteiger partial charge in [-0.1, -0.05) is 24.3 Å². The Kier molecular flexibility index (Phi) is 4.31. The number of carbonyl (C=O) groups excluding carboxylic acids is 1. The Balaban J connectivity index is 1.64. The summed E-state index contributed by atoms with van der Waals surface area (Å²) >= 11 is 3.40. The summed E-state index contributed by atoms with van der Waals surface area (Å²) < 4.78 is 6.59. The number of benzene rings is 3. The molecule has 0 fully saturated rings. The van der Waals surface area contributed by atoms with Gasteiger partial charge in [0.25, 0.3) is 5.91 Å². The minimum absolute atomic E-state index is 0.178. The first-order chi connectivity index (χ1) is 12.6. The molecule has 0 saturated carbocycles. The SMILES string of the molecule is Cc1ccc2oc(-c3cccc(NC(=O)c4ccccc4Br)c3)nc2c1. The molecule has 128 valence electrons. The zero-order chi connectivity index (χ0) is 18.1. The number of amides is 1. The fraction of sp³-hybridized carbons (Fsp3) is 0.0476. The highest BCUT2D eigenvalue weighted by Gasteiger charge is 2.12. The highest BCUT2D eigenvalue weighted by atomic mass is 79.9. The first-order valence-corrected chi connectivity index (χ1v) is 8.93. The second-order valence-corrected chi connectivity index (χ2v) is 6.86. The van der Waals surface area contributed by atoms with Crippen molar-refractivity contribution in [1.29, 1.82) is 0 Å². The molecule has 5 heteroatoms. The second-order valence-electron chi connectivity index (χ2n) is 6.00. The lowest BCUT2D eigenvalue weighted by atomic mass is 10.1. The second kappa shape index (κ2) is 6.77. The Morgan fingerprint density at radius 1 is 1.04 bits per heavy atom. The van der Waals surface area contributed by atoms with Crippen molar-refractivity contribution in [1.82, 2.24) is 4.98 Å². The highest BCUT2D eigenvalue weighted by Crippen LogP contribution is 2.27. The largest absolute Gasteiger partial charge is 0.436 e. The number of oxazole rings is 1. The Morgan fingerprint density at radius 2 is 1.88 bits per heavy atom. The molecule has 0 radical (unpaired) electrons. The molecule has 1 aromatic heterocycles. The number of anilines is 1. The normalized spacial score (nSPS) is 10.8. The molecule has 4 aromatic rings. The first kappa shape index (κ1) is 16.5. The standard InChI is InChI=1S/C21H15BrN2O2/c1-13-9-10-19-18(11-13)24-21(26-19)14-5-4-6-15(12-14)23-20(25)16-7-2-3-8-17(16)22/h2-12H,1H3,(H,23,25). The van der Waals surface area contributed by atoms with Crippen LogP contribution in [0.4, 0.5) is 5.69 Å². The molecule has 0 aliphatic rings. The molecule has 0 saturated heterocycles. The van der Waals surface area contributed by atoms with Gasteiger partial charge in [-0.05, 0) is 70.9 Å². The Hall–Kier alpha value is -2.92. The smallest absolute Gasteiger partial charge is 0.256 e. The van der Waals surface area contributed by atoms with E-state index in [-0.39, 0.29) is 5.91 Å². The zero-order valence-electron chi connectivity index (χ0n) is 14.0. The first-order valence-electron chi connectivity index (χ1n) is 8.14. The summed E-state index contributed by atoms with van der Waals surface area (Å²) in [7, 11) is 0. The molecule has 0 bridgehead atoms. The van der Waals surface area contributed by atoms with Crippen LogP contribution in [0.15, 0.2) is 75.6 Å². The zero-order valence-corrected chi connectivity index (χ0v) is 15.6. The summed E-state index contributed by atoms with van der Waals surface area (Å²) in [5.74, 6) is 0.352. The van der Waals surface area contributed by atoms with Crippen molar-refractivity contribution < 1.29 is 9.21 Å². The van der Waals surface area contributed by atoms with Crippen LogP contribution in [0, 0.1) is 6.92 Å². The van der Waals surface area contributed by atoms with Crippen molar-refractivity contribution in [3.63, 3.8) is 0 Å². The van der Waals surface area contributed by atoms with E-state index in [4.69, 9.17) is 4.42 Å². The summed E-state index contributed by atoms with van der Waals surface area (Å²) in [6, 6.07) is 20.7. The molecule has 0 aliphatic heterocycles. The number of aromatic nitrogens is 1. The number of rotatable bonds is 3. The molecule has 0 spiro atoms. The number of halogens is 1. The number of aryl methyl sites for hydroxylation is 1. The van der Waals surface area contributed by atoms with Crippen molar-refractivity contribution in [2.45, 2.75) is 6.92 Å². The van der Waals surface area contributed by atoms with E-state index in [1.54, 1.807) is 6.07 Å². The van der Waals surface area contributed by atoms with Gasteiger partial charge >= 0.3 is 0 Å². The van der Waals surface area contributed by atoms with Crippen molar-refractivity contribution in [3.05, 3.63) is 82.3 Å². The Labute approximate surface area is 159 Å². The van der Waals surface area contributed by atoms with Crippen molar-refractivity contribution in [3.8, 4) is 11.5 Å². The molecular weight excluding hydrogens is 392 g/mol. The third-order valence-electron chi connectivity index (χ3n) is 4.03. The van der Waals surface area contributed by atoms with Gasteiger partial charge in [-0.2, -0.15) is 0 Å². The summed E-state index contributed by atoms with van der Waals surface area (Å²) in [5.41, 5.74) is 4.77. The Morgan fingerprint density at radius 3 is 2.73 bits per heavy atom. The molecule has 26 heavy (non-hydrogen) atoms. The van der Waals surface area contributed by atoms with Gasteiger partial charge in [0, 0.05) is 15.7 Å². The quantitative estimate of drug-likeness (QED) is 0.466. The molecule has 0 atom stereocenters. The lowest BCUT2D eigenvalue weighted by molar-refractivity contribution is 0.102. The molecule has 3 aromatic carbocycles. The predicted octanol–water partition coefficient (Wildman–Crippen LogP) is 5.82. The predicted molar refractivity (Wildman–Crippen MR) is 106 cm³/mol. The monoisotopic (exact) mass is 406 g/mol. The van der Waals surface area contributed by atoms with E-state index in [2.05, 4.69) is 26.2 Å². The van der Waals surface area contributed by atoms with Crippen LogP contribution in [-0.2, 0) is 0 Å². The molecule has 4 nitrogen and oxygen atoms in total. The molecule has 0 unspecified atom stereocenters. The van der Waals surface area contributed by atoms with Crippen LogP contribution >= 0.6 is 15.9 Å². The van der Waals surface area contributed by atoms with Crippen LogP contribution < -0.4 is 5.32 Å². The van der Waals surface area contributed by atoms with E-state index < -0.39 is 0 Å². The Bertz CT molecular complexity index is 1120. The van der Waals surface area contributed by atoms with E-state index in [0.29, 0.717) is 17.1 Å².